The number of nitrogens with two attached hydrogens (primary N) is 1. The summed E-state index contributed by atoms with van der Waals surface area (Å²) in [7, 11) is 0. The Morgan fingerprint density at radius 1 is 1.26 bits per heavy atom. The first-order valence-corrected chi connectivity index (χ1v) is 8.42. The summed E-state index contributed by atoms with van der Waals surface area (Å²) in [6.45, 7) is 0. The Balaban J connectivity index is 1.76. The van der Waals surface area contributed by atoms with Crippen LogP contribution >= 0.6 is 0 Å². The van der Waals surface area contributed by atoms with Gasteiger partial charge >= 0.3 is 0 Å². The third-order valence-corrected chi connectivity index (χ3v) is 4.38. The number of primary amides is 1. The van der Waals surface area contributed by atoms with Crippen molar-refractivity contribution >= 4 is 23.5 Å². The Morgan fingerprint density at radius 2 is 2.15 bits per heavy atom. The zero-order chi connectivity index (χ0) is 18.8. The second-order valence-corrected chi connectivity index (χ2v) is 6.08. The summed E-state index contributed by atoms with van der Waals surface area (Å²) in [6.07, 6.45) is 4.21. The van der Waals surface area contributed by atoms with E-state index < -0.39 is 11.8 Å². The number of ether oxygens (including phenoxy) is 1. The number of fused-ring (bicyclic) bond motifs is 1. The molecule has 1 aromatic carbocycles. The number of para-hydroxylation sites is 1. The minimum Gasteiger partial charge on any atom is -0.476 e. The first-order chi connectivity index (χ1) is 13.2. The van der Waals surface area contributed by atoms with Crippen LogP contribution < -0.4 is 10.5 Å². The van der Waals surface area contributed by atoms with Gasteiger partial charge in [0, 0.05) is 24.2 Å². The van der Waals surface area contributed by atoms with Gasteiger partial charge in [-0.2, -0.15) is 0 Å². The quantitative estimate of drug-likeness (QED) is 0.587. The highest BCUT2D eigenvalue weighted by atomic mass is 16.5. The monoisotopic (exact) mass is 359 g/mol. The van der Waals surface area contributed by atoms with Crippen LogP contribution in [0.25, 0.3) is 0 Å². The first kappa shape index (κ1) is 16.7. The van der Waals surface area contributed by atoms with Crippen molar-refractivity contribution in [3.8, 4) is 5.75 Å². The fourth-order valence-corrected chi connectivity index (χ4v) is 3.05. The normalized spacial score (nSPS) is 16.6. The minimum absolute atomic E-state index is 0.236. The molecule has 2 aromatic heterocycles. The lowest BCUT2D eigenvalue weighted by Gasteiger charge is -2.31. The maximum atomic E-state index is 11.8. The molecule has 0 fully saturated rings. The van der Waals surface area contributed by atoms with E-state index in [1.54, 1.807) is 30.6 Å². The number of carbonyl (C=O) groups excluding carboxylic acids is 1. The molecule has 0 radical (unpaired) electrons. The van der Waals surface area contributed by atoms with Crippen molar-refractivity contribution < 1.29 is 9.53 Å². The Hall–Kier alpha value is -3.74. The SMILES string of the molecule is N=CC(C(N)=O)C(=Nc1cccc2c1OC2c1ccccn1)c1ccc[nH]1. The fourth-order valence-electron chi connectivity index (χ4n) is 3.05. The number of H-pyrrole nitrogens is 1. The van der Waals surface area contributed by atoms with Crippen LogP contribution in [0.1, 0.15) is 23.1 Å². The lowest BCUT2D eigenvalue weighted by atomic mass is 9.97. The largest absolute Gasteiger partial charge is 0.476 e. The Labute approximate surface area is 155 Å². The van der Waals surface area contributed by atoms with E-state index in [0.29, 0.717) is 22.8 Å². The van der Waals surface area contributed by atoms with Gasteiger partial charge in [-0.1, -0.05) is 18.2 Å². The van der Waals surface area contributed by atoms with Gasteiger partial charge < -0.3 is 20.9 Å². The molecule has 3 heterocycles. The van der Waals surface area contributed by atoms with Gasteiger partial charge in [-0.25, -0.2) is 4.99 Å². The average molecular weight is 359 g/mol. The van der Waals surface area contributed by atoms with Crippen LogP contribution in [0.2, 0.25) is 0 Å². The summed E-state index contributed by atoms with van der Waals surface area (Å²) in [6, 6.07) is 14.9. The second-order valence-electron chi connectivity index (χ2n) is 6.08. The molecule has 1 amide bonds. The van der Waals surface area contributed by atoms with Gasteiger partial charge in [0.2, 0.25) is 5.91 Å². The predicted molar refractivity (Wildman–Crippen MR) is 102 cm³/mol. The maximum absolute atomic E-state index is 11.8. The third kappa shape index (κ3) is 2.99. The predicted octanol–water partition coefficient (Wildman–Crippen LogP) is 2.76. The number of aliphatic imine (C=N–C) groups is 1. The summed E-state index contributed by atoms with van der Waals surface area (Å²) in [5.41, 5.74) is 8.85. The lowest BCUT2D eigenvalue weighted by molar-refractivity contribution is -0.118. The molecule has 2 atom stereocenters. The fraction of sp³-hybridized carbons (Fsp3) is 0.100. The number of nitrogens with zero attached hydrogens (tertiary/aromatic N) is 2. The number of hydrogen-bond acceptors (Lipinski definition) is 5. The van der Waals surface area contributed by atoms with E-state index in [1.165, 1.54) is 0 Å². The number of nitrogens with one attached hydrogen (secondary N) is 2. The standard InChI is InChI=1S/C20H17N5O2/c21-11-13(20(22)26)17(14-8-4-10-23-14)25-16-7-3-5-12-18(27-19(12)16)15-6-1-2-9-24-15/h1-11,13,18,21,23H,(H2,22,26). The van der Waals surface area contributed by atoms with Crippen molar-refractivity contribution in [2.45, 2.75) is 6.10 Å². The van der Waals surface area contributed by atoms with Gasteiger partial charge in [0.1, 0.15) is 11.6 Å². The smallest absolute Gasteiger partial charge is 0.232 e. The zero-order valence-electron chi connectivity index (χ0n) is 14.3. The van der Waals surface area contributed by atoms with Crippen LogP contribution in [0.4, 0.5) is 5.69 Å². The van der Waals surface area contributed by atoms with E-state index in [0.717, 1.165) is 17.5 Å². The van der Waals surface area contributed by atoms with Crippen LogP contribution in [0, 0.1) is 11.3 Å². The highest BCUT2D eigenvalue weighted by Gasteiger charge is 2.33. The summed E-state index contributed by atoms with van der Waals surface area (Å²) >= 11 is 0. The first-order valence-electron chi connectivity index (χ1n) is 8.42. The molecule has 7 nitrogen and oxygen atoms in total. The van der Waals surface area contributed by atoms with Gasteiger partial charge in [0.25, 0.3) is 0 Å². The van der Waals surface area contributed by atoms with Crippen molar-refractivity contribution in [1.82, 2.24) is 9.97 Å². The third-order valence-electron chi connectivity index (χ3n) is 4.38. The Kier molecular flexibility index (Phi) is 4.25. The van der Waals surface area contributed by atoms with E-state index >= 15 is 0 Å². The van der Waals surface area contributed by atoms with E-state index in [-0.39, 0.29) is 6.10 Å². The molecule has 0 bridgehead atoms. The Morgan fingerprint density at radius 3 is 2.81 bits per heavy atom. The molecule has 0 saturated carbocycles. The number of rotatable bonds is 6. The highest BCUT2D eigenvalue weighted by Crippen LogP contribution is 2.48. The number of carbonyl (C=O) groups is 1. The van der Waals surface area contributed by atoms with Crippen LogP contribution in [-0.2, 0) is 4.79 Å². The van der Waals surface area contributed by atoms with Crippen LogP contribution in [0.5, 0.6) is 5.75 Å². The number of pyridine rings is 1. The van der Waals surface area contributed by atoms with E-state index in [4.69, 9.17) is 15.9 Å². The topological polar surface area (TPSA) is 117 Å². The summed E-state index contributed by atoms with van der Waals surface area (Å²) < 4.78 is 5.94. The molecule has 4 rings (SSSR count). The molecule has 0 aliphatic carbocycles. The average Bonchev–Trinajstić information content (AvgIpc) is 3.18. The van der Waals surface area contributed by atoms with Crippen molar-refractivity contribution in [2.75, 3.05) is 0 Å². The van der Waals surface area contributed by atoms with Crippen molar-refractivity contribution in [3.63, 3.8) is 0 Å². The number of aromatic amines is 1. The zero-order valence-corrected chi connectivity index (χ0v) is 14.3. The minimum atomic E-state index is -0.939. The van der Waals surface area contributed by atoms with E-state index in [1.807, 2.05) is 30.3 Å². The molecule has 134 valence electrons. The van der Waals surface area contributed by atoms with Gasteiger partial charge in [-0.3, -0.25) is 9.78 Å². The van der Waals surface area contributed by atoms with Gasteiger partial charge in [-0.05, 0) is 30.3 Å². The molecule has 3 aromatic rings. The van der Waals surface area contributed by atoms with E-state index in [2.05, 4.69) is 15.0 Å². The number of aromatic nitrogens is 2. The molecular weight excluding hydrogens is 342 g/mol. The molecule has 1 aliphatic rings. The molecule has 0 saturated heterocycles. The second kappa shape index (κ2) is 6.87. The van der Waals surface area contributed by atoms with Gasteiger partial charge in [0.15, 0.2) is 11.9 Å². The Bertz CT molecular complexity index is 1010. The molecule has 2 unspecified atom stereocenters. The maximum Gasteiger partial charge on any atom is 0.232 e. The summed E-state index contributed by atoms with van der Waals surface area (Å²) in [5, 5.41) is 7.58. The lowest BCUT2D eigenvalue weighted by Crippen LogP contribution is -2.32. The molecule has 0 spiro atoms. The molecular formula is C20H17N5O2. The molecule has 1 aliphatic heterocycles. The van der Waals surface area contributed by atoms with Gasteiger partial charge in [0.05, 0.1) is 17.1 Å². The van der Waals surface area contributed by atoms with Gasteiger partial charge in [-0.15, -0.1) is 0 Å². The summed E-state index contributed by atoms with van der Waals surface area (Å²) in [5.74, 6) is -0.933. The van der Waals surface area contributed by atoms with Crippen LogP contribution in [0.15, 0.2) is 65.9 Å². The van der Waals surface area contributed by atoms with Crippen molar-refractivity contribution in [2.24, 2.45) is 16.6 Å². The number of benzene rings is 1. The molecule has 7 heteroatoms. The number of amides is 1. The van der Waals surface area contributed by atoms with Crippen LogP contribution in [0.3, 0.4) is 0 Å². The molecule has 4 N–H and O–H groups in total. The van der Waals surface area contributed by atoms with Crippen molar-refractivity contribution in [3.05, 3.63) is 77.9 Å². The number of hydrogen-bond donors (Lipinski definition) is 3. The van der Waals surface area contributed by atoms with Crippen LogP contribution in [-0.4, -0.2) is 27.8 Å². The van der Waals surface area contributed by atoms with E-state index in [9.17, 15) is 4.79 Å². The van der Waals surface area contributed by atoms with Crippen molar-refractivity contribution in [1.29, 1.82) is 5.41 Å². The summed E-state index contributed by atoms with van der Waals surface area (Å²) in [4.78, 5) is 23.8. The molecule has 27 heavy (non-hydrogen) atoms. The highest BCUT2D eigenvalue weighted by molar-refractivity contribution is 6.21.